The first-order valence-corrected chi connectivity index (χ1v) is 5.28. The van der Waals surface area contributed by atoms with Gasteiger partial charge < -0.3 is 14.8 Å². The molecule has 1 N–H and O–H groups in total. The fourth-order valence-corrected chi connectivity index (χ4v) is 1.22. The second-order valence-electron chi connectivity index (χ2n) is 3.52. The highest BCUT2D eigenvalue weighted by molar-refractivity contribution is 5.77. The summed E-state index contributed by atoms with van der Waals surface area (Å²) in [6, 6.07) is 4.81. The molecular weight excluding hydrogens is 225 g/mol. The Hall–Kier alpha value is -1.62. The molecule has 94 valence electrons. The van der Waals surface area contributed by atoms with E-state index in [4.69, 9.17) is 9.47 Å². The molecule has 1 aromatic rings. The molecule has 0 bridgehead atoms. The Labute approximate surface area is 99.7 Å². The van der Waals surface area contributed by atoms with Crippen molar-refractivity contribution < 1.29 is 18.7 Å². The fraction of sp³-hybridized carbons (Fsp3) is 0.417. The SMILES string of the molecule is COCCNC(=O)COc1cccc(C)c1F. The van der Waals surface area contributed by atoms with Crippen molar-refractivity contribution in [3.05, 3.63) is 29.6 Å². The molecule has 0 aromatic heterocycles. The van der Waals surface area contributed by atoms with Gasteiger partial charge in [0, 0.05) is 13.7 Å². The molecular formula is C12H16FNO3. The number of rotatable bonds is 6. The van der Waals surface area contributed by atoms with E-state index >= 15 is 0 Å². The summed E-state index contributed by atoms with van der Waals surface area (Å²) in [5.74, 6) is -0.646. The van der Waals surface area contributed by atoms with Gasteiger partial charge >= 0.3 is 0 Å². The zero-order valence-corrected chi connectivity index (χ0v) is 9.96. The Kier molecular flexibility index (Phi) is 5.42. The number of amides is 1. The van der Waals surface area contributed by atoms with Crippen LogP contribution < -0.4 is 10.1 Å². The summed E-state index contributed by atoms with van der Waals surface area (Å²) in [4.78, 5) is 11.3. The van der Waals surface area contributed by atoms with Crippen LogP contribution in [0.4, 0.5) is 4.39 Å². The Morgan fingerprint density at radius 2 is 2.24 bits per heavy atom. The molecule has 1 amide bonds. The lowest BCUT2D eigenvalue weighted by molar-refractivity contribution is -0.123. The van der Waals surface area contributed by atoms with Gasteiger partial charge in [0.1, 0.15) is 0 Å². The minimum absolute atomic E-state index is 0.0897. The number of carbonyl (C=O) groups excluding carboxylic acids is 1. The molecule has 0 aliphatic carbocycles. The Morgan fingerprint density at radius 1 is 1.47 bits per heavy atom. The molecule has 0 unspecified atom stereocenters. The highest BCUT2D eigenvalue weighted by atomic mass is 19.1. The van der Waals surface area contributed by atoms with Crippen LogP contribution in [0.5, 0.6) is 5.75 Å². The Balaban J connectivity index is 2.39. The molecule has 0 atom stereocenters. The lowest BCUT2D eigenvalue weighted by Crippen LogP contribution is -2.31. The summed E-state index contributed by atoms with van der Waals surface area (Å²) >= 11 is 0. The summed E-state index contributed by atoms with van der Waals surface area (Å²) in [5.41, 5.74) is 0.488. The number of hydrogen-bond donors (Lipinski definition) is 1. The average molecular weight is 241 g/mol. The van der Waals surface area contributed by atoms with Crippen LogP contribution in [0.2, 0.25) is 0 Å². The van der Waals surface area contributed by atoms with Gasteiger partial charge in [0.2, 0.25) is 0 Å². The first-order valence-electron chi connectivity index (χ1n) is 5.28. The first-order chi connectivity index (χ1) is 8.15. The predicted molar refractivity (Wildman–Crippen MR) is 61.5 cm³/mol. The van der Waals surface area contributed by atoms with Crippen molar-refractivity contribution in [1.82, 2.24) is 5.32 Å². The van der Waals surface area contributed by atoms with Crippen LogP contribution in [0, 0.1) is 12.7 Å². The molecule has 0 saturated carbocycles. The zero-order chi connectivity index (χ0) is 12.7. The molecule has 0 heterocycles. The highest BCUT2D eigenvalue weighted by Crippen LogP contribution is 2.19. The smallest absolute Gasteiger partial charge is 0.258 e. The van der Waals surface area contributed by atoms with Crippen molar-refractivity contribution in [1.29, 1.82) is 0 Å². The summed E-state index contributed by atoms with van der Waals surface area (Å²) in [5, 5.41) is 2.58. The van der Waals surface area contributed by atoms with E-state index in [-0.39, 0.29) is 18.3 Å². The number of methoxy groups -OCH3 is 1. The van der Waals surface area contributed by atoms with Crippen LogP contribution in [0.15, 0.2) is 18.2 Å². The second kappa shape index (κ2) is 6.85. The van der Waals surface area contributed by atoms with Crippen molar-refractivity contribution in [3.63, 3.8) is 0 Å². The lowest BCUT2D eigenvalue weighted by atomic mass is 10.2. The second-order valence-corrected chi connectivity index (χ2v) is 3.52. The number of aryl methyl sites for hydroxylation is 1. The summed E-state index contributed by atoms with van der Waals surface area (Å²) < 4.78 is 23.3. The summed E-state index contributed by atoms with van der Waals surface area (Å²) in [7, 11) is 1.55. The third-order valence-electron chi connectivity index (χ3n) is 2.14. The summed E-state index contributed by atoms with van der Waals surface area (Å²) in [6.07, 6.45) is 0. The van der Waals surface area contributed by atoms with Crippen molar-refractivity contribution in [2.75, 3.05) is 26.9 Å². The minimum atomic E-state index is -0.433. The number of carbonyl (C=O) groups is 1. The fourth-order valence-electron chi connectivity index (χ4n) is 1.22. The molecule has 5 heteroatoms. The third kappa shape index (κ3) is 4.40. The Bertz CT molecular complexity index is 382. The van der Waals surface area contributed by atoms with E-state index in [1.54, 1.807) is 26.2 Å². The van der Waals surface area contributed by atoms with E-state index in [0.717, 1.165) is 0 Å². The first kappa shape index (κ1) is 13.4. The minimum Gasteiger partial charge on any atom is -0.481 e. The molecule has 4 nitrogen and oxygen atoms in total. The van der Waals surface area contributed by atoms with E-state index < -0.39 is 5.82 Å². The molecule has 0 spiro atoms. The van der Waals surface area contributed by atoms with Crippen molar-refractivity contribution >= 4 is 5.91 Å². The molecule has 0 saturated heterocycles. The quantitative estimate of drug-likeness (QED) is 0.763. The van der Waals surface area contributed by atoms with Crippen LogP contribution in [0.1, 0.15) is 5.56 Å². The molecule has 17 heavy (non-hydrogen) atoms. The van der Waals surface area contributed by atoms with Crippen LogP contribution in [0.3, 0.4) is 0 Å². The third-order valence-corrected chi connectivity index (χ3v) is 2.14. The van der Waals surface area contributed by atoms with Crippen LogP contribution in [0.25, 0.3) is 0 Å². The molecule has 1 aromatic carbocycles. The molecule has 1 rings (SSSR count). The zero-order valence-electron chi connectivity index (χ0n) is 9.96. The van der Waals surface area contributed by atoms with E-state index in [1.165, 1.54) is 6.07 Å². The molecule has 0 radical (unpaired) electrons. The maximum atomic E-state index is 13.5. The van der Waals surface area contributed by atoms with Gasteiger partial charge in [0.05, 0.1) is 6.61 Å². The lowest BCUT2D eigenvalue weighted by Gasteiger charge is -2.08. The topological polar surface area (TPSA) is 47.6 Å². The number of benzene rings is 1. The maximum Gasteiger partial charge on any atom is 0.258 e. The molecule has 0 aliphatic rings. The van der Waals surface area contributed by atoms with Gasteiger partial charge in [-0.05, 0) is 18.6 Å². The van der Waals surface area contributed by atoms with E-state index in [9.17, 15) is 9.18 Å². The number of ether oxygens (including phenoxy) is 2. The van der Waals surface area contributed by atoms with Crippen LogP contribution in [-0.4, -0.2) is 32.8 Å². The van der Waals surface area contributed by atoms with E-state index in [0.29, 0.717) is 18.7 Å². The van der Waals surface area contributed by atoms with Gasteiger partial charge in [-0.3, -0.25) is 4.79 Å². The largest absolute Gasteiger partial charge is 0.481 e. The average Bonchev–Trinajstić information content (AvgIpc) is 2.31. The van der Waals surface area contributed by atoms with Crippen molar-refractivity contribution in [2.45, 2.75) is 6.92 Å². The summed E-state index contributed by atoms with van der Waals surface area (Å²) in [6.45, 7) is 2.28. The van der Waals surface area contributed by atoms with Gasteiger partial charge in [0.15, 0.2) is 18.2 Å². The van der Waals surface area contributed by atoms with Gasteiger partial charge in [-0.1, -0.05) is 12.1 Å². The highest BCUT2D eigenvalue weighted by Gasteiger charge is 2.07. The number of hydrogen-bond acceptors (Lipinski definition) is 3. The van der Waals surface area contributed by atoms with E-state index in [1.807, 2.05) is 0 Å². The van der Waals surface area contributed by atoms with Crippen LogP contribution in [-0.2, 0) is 9.53 Å². The normalized spacial score (nSPS) is 10.1. The number of nitrogens with one attached hydrogen (secondary N) is 1. The van der Waals surface area contributed by atoms with E-state index in [2.05, 4.69) is 5.32 Å². The van der Waals surface area contributed by atoms with Crippen molar-refractivity contribution in [2.24, 2.45) is 0 Å². The van der Waals surface area contributed by atoms with Gasteiger partial charge in [-0.15, -0.1) is 0 Å². The predicted octanol–water partition coefficient (Wildman–Crippen LogP) is 1.28. The van der Waals surface area contributed by atoms with Gasteiger partial charge in [-0.25, -0.2) is 4.39 Å². The number of halogens is 1. The van der Waals surface area contributed by atoms with Gasteiger partial charge in [-0.2, -0.15) is 0 Å². The Morgan fingerprint density at radius 3 is 2.94 bits per heavy atom. The molecule has 0 fully saturated rings. The monoisotopic (exact) mass is 241 g/mol. The van der Waals surface area contributed by atoms with Crippen LogP contribution >= 0.6 is 0 Å². The van der Waals surface area contributed by atoms with Gasteiger partial charge in [0.25, 0.3) is 5.91 Å². The molecule has 0 aliphatic heterocycles. The maximum absolute atomic E-state index is 13.5. The standard InChI is InChI=1S/C12H16FNO3/c1-9-4-3-5-10(12(9)13)17-8-11(15)14-6-7-16-2/h3-5H,6-8H2,1-2H3,(H,14,15). The van der Waals surface area contributed by atoms with Crippen molar-refractivity contribution in [3.8, 4) is 5.75 Å².